The quantitative estimate of drug-likeness (QED) is 0.275. The van der Waals surface area contributed by atoms with Crippen LogP contribution in [0.4, 0.5) is 0 Å². The van der Waals surface area contributed by atoms with Gasteiger partial charge in [0.2, 0.25) is 23.6 Å². The molecule has 1 aromatic carbocycles. The molecule has 0 aromatic heterocycles. The molecule has 7 N–H and O–H groups in total. The highest BCUT2D eigenvalue weighted by atomic mass is 16.4. The first kappa shape index (κ1) is 26.8. The van der Waals surface area contributed by atoms with E-state index in [9.17, 15) is 29.1 Å². The lowest BCUT2D eigenvalue weighted by Gasteiger charge is -2.30. The number of benzene rings is 1. The van der Waals surface area contributed by atoms with Gasteiger partial charge in [-0.25, -0.2) is 4.79 Å². The molecular weight excluding hydrogens is 442 g/mol. The van der Waals surface area contributed by atoms with Crippen LogP contribution in [0.15, 0.2) is 30.3 Å². The summed E-state index contributed by atoms with van der Waals surface area (Å²) in [5, 5.41) is 14.3. The van der Waals surface area contributed by atoms with E-state index in [-0.39, 0.29) is 18.9 Å². The van der Waals surface area contributed by atoms with Gasteiger partial charge < -0.3 is 32.1 Å². The Balaban J connectivity index is 2.11. The maximum atomic E-state index is 13.2. The fourth-order valence-corrected chi connectivity index (χ4v) is 3.91. The molecule has 1 fully saturated rings. The Labute approximate surface area is 198 Å². The minimum Gasteiger partial charge on any atom is -0.480 e. The second-order valence-electron chi connectivity index (χ2n) is 8.79. The molecular formula is C23H33N5O6. The van der Waals surface area contributed by atoms with E-state index in [1.165, 1.54) is 4.90 Å². The van der Waals surface area contributed by atoms with Crippen molar-refractivity contribution in [3.8, 4) is 0 Å². The van der Waals surface area contributed by atoms with Crippen molar-refractivity contribution >= 4 is 29.6 Å². The average molecular weight is 476 g/mol. The minimum atomic E-state index is -1.29. The van der Waals surface area contributed by atoms with Gasteiger partial charge in [-0.2, -0.15) is 0 Å². The van der Waals surface area contributed by atoms with E-state index in [0.717, 1.165) is 5.56 Å². The molecule has 1 saturated heterocycles. The lowest BCUT2D eigenvalue weighted by molar-refractivity contribution is -0.146. The van der Waals surface area contributed by atoms with Gasteiger partial charge >= 0.3 is 5.97 Å². The summed E-state index contributed by atoms with van der Waals surface area (Å²) in [6.07, 6.45) is 0.600. The Morgan fingerprint density at radius 1 is 1.12 bits per heavy atom. The number of hydrogen-bond donors (Lipinski definition) is 5. The number of aliphatic carboxylic acids is 1. The molecule has 4 unspecified atom stereocenters. The molecule has 4 atom stereocenters. The molecule has 0 aliphatic carbocycles. The third-order valence-electron chi connectivity index (χ3n) is 5.72. The van der Waals surface area contributed by atoms with Crippen molar-refractivity contribution < 1.29 is 29.1 Å². The molecule has 1 heterocycles. The summed E-state index contributed by atoms with van der Waals surface area (Å²) in [7, 11) is 0. The van der Waals surface area contributed by atoms with E-state index < -0.39 is 60.2 Å². The van der Waals surface area contributed by atoms with Crippen LogP contribution < -0.4 is 22.1 Å². The predicted octanol–water partition coefficient (Wildman–Crippen LogP) is -0.867. The molecule has 0 radical (unpaired) electrons. The molecule has 0 spiro atoms. The van der Waals surface area contributed by atoms with Crippen LogP contribution in [0.1, 0.15) is 38.7 Å². The first-order chi connectivity index (χ1) is 16.0. The van der Waals surface area contributed by atoms with E-state index in [1.807, 2.05) is 30.3 Å². The second kappa shape index (κ2) is 12.1. The van der Waals surface area contributed by atoms with Crippen molar-refractivity contribution in [2.45, 2.75) is 63.7 Å². The lowest BCUT2D eigenvalue weighted by Crippen LogP contribution is -2.58. The Morgan fingerprint density at radius 2 is 1.76 bits per heavy atom. The number of carboxylic acids is 1. The number of rotatable bonds is 11. The summed E-state index contributed by atoms with van der Waals surface area (Å²) in [5.74, 6) is -4.22. The summed E-state index contributed by atoms with van der Waals surface area (Å²) in [5.41, 5.74) is 12.1. The summed E-state index contributed by atoms with van der Waals surface area (Å²) in [6, 6.07) is 4.80. The summed E-state index contributed by atoms with van der Waals surface area (Å²) < 4.78 is 0. The van der Waals surface area contributed by atoms with Crippen LogP contribution in [0.2, 0.25) is 0 Å². The number of nitrogens with zero attached hydrogens (tertiary/aromatic N) is 1. The summed E-state index contributed by atoms with van der Waals surface area (Å²) in [4.78, 5) is 63.0. The third-order valence-corrected chi connectivity index (χ3v) is 5.72. The first-order valence-electron chi connectivity index (χ1n) is 11.2. The average Bonchev–Trinajstić information content (AvgIpc) is 3.26. The van der Waals surface area contributed by atoms with Gasteiger partial charge in [0.1, 0.15) is 18.1 Å². The molecule has 1 aliphatic rings. The third kappa shape index (κ3) is 7.27. The van der Waals surface area contributed by atoms with Crippen LogP contribution in [-0.2, 0) is 30.4 Å². The van der Waals surface area contributed by atoms with E-state index >= 15 is 0 Å². The number of nitrogens with two attached hydrogens (primary N) is 2. The molecule has 0 saturated carbocycles. The number of likely N-dealkylation sites (tertiary alicyclic amines) is 1. The van der Waals surface area contributed by atoms with Crippen LogP contribution in [0.25, 0.3) is 0 Å². The normalized spacial score (nSPS) is 18.1. The Morgan fingerprint density at radius 3 is 2.32 bits per heavy atom. The van der Waals surface area contributed by atoms with Crippen LogP contribution >= 0.6 is 0 Å². The van der Waals surface area contributed by atoms with Crippen LogP contribution in [0.5, 0.6) is 0 Å². The number of primary amides is 1. The van der Waals surface area contributed by atoms with Crippen molar-refractivity contribution in [2.75, 3.05) is 6.54 Å². The molecule has 1 aliphatic heterocycles. The Hall–Kier alpha value is -3.47. The zero-order valence-corrected chi connectivity index (χ0v) is 19.4. The fraction of sp³-hybridized carbons (Fsp3) is 0.522. The summed E-state index contributed by atoms with van der Waals surface area (Å²) in [6.45, 7) is 3.54. The van der Waals surface area contributed by atoms with Gasteiger partial charge in [0.25, 0.3) is 0 Å². The van der Waals surface area contributed by atoms with E-state index in [2.05, 4.69) is 10.6 Å². The first-order valence-corrected chi connectivity index (χ1v) is 11.2. The smallest absolute Gasteiger partial charge is 0.326 e. The van der Waals surface area contributed by atoms with Crippen molar-refractivity contribution in [3.05, 3.63) is 35.9 Å². The largest absolute Gasteiger partial charge is 0.480 e. The second-order valence-corrected chi connectivity index (χ2v) is 8.79. The highest BCUT2D eigenvalue weighted by Gasteiger charge is 2.39. The van der Waals surface area contributed by atoms with E-state index in [1.54, 1.807) is 13.8 Å². The van der Waals surface area contributed by atoms with Crippen LogP contribution in [0.3, 0.4) is 0 Å². The van der Waals surface area contributed by atoms with Gasteiger partial charge in [0, 0.05) is 6.54 Å². The zero-order valence-electron chi connectivity index (χ0n) is 19.4. The number of carbonyl (C=O) groups is 5. The predicted molar refractivity (Wildman–Crippen MR) is 123 cm³/mol. The topological polar surface area (TPSA) is 185 Å². The number of carboxylic acid groups (broad SMARTS) is 1. The van der Waals surface area contributed by atoms with Gasteiger partial charge in [-0.3, -0.25) is 19.2 Å². The van der Waals surface area contributed by atoms with Gasteiger partial charge in [-0.15, -0.1) is 0 Å². The summed E-state index contributed by atoms with van der Waals surface area (Å²) >= 11 is 0. The molecule has 34 heavy (non-hydrogen) atoms. The van der Waals surface area contributed by atoms with Gasteiger partial charge in [-0.05, 0) is 30.7 Å². The Kier molecular flexibility index (Phi) is 9.55. The van der Waals surface area contributed by atoms with Crippen LogP contribution in [-0.4, -0.2) is 70.3 Å². The standard InChI is InChI=1S/C23H33N5O6/c1-13(2)19(23(33)34)27-21(31)17-9-6-10-28(17)22(32)16(12-18(25)29)26-20(30)15(24)11-14-7-4-3-5-8-14/h3-5,7-8,13,15-17,19H,6,9-12,24H2,1-2H3,(H2,25,29)(H,26,30)(H,27,31)(H,33,34). The SMILES string of the molecule is CC(C)C(NC(=O)C1CCCN1C(=O)C(CC(N)=O)NC(=O)C(N)Cc1ccccc1)C(=O)O. The Bertz CT molecular complexity index is 906. The maximum absolute atomic E-state index is 13.2. The van der Waals surface area contributed by atoms with E-state index in [0.29, 0.717) is 12.8 Å². The molecule has 1 aromatic rings. The molecule has 4 amide bonds. The molecule has 186 valence electrons. The maximum Gasteiger partial charge on any atom is 0.326 e. The van der Waals surface area contributed by atoms with Crippen molar-refractivity contribution in [3.63, 3.8) is 0 Å². The van der Waals surface area contributed by atoms with E-state index in [4.69, 9.17) is 11.5 Å². The molecule has 11 heteroatoms. The fourth-order valence-electron chi connectivity index (χ4n) is 3.91. The van der Waals surface area contributed by atoms with Gasteiger partial charge in [0.15, 0.2) is 0 Å². The minimum absolute atomic E-state index is 0.220. The molecule has 11 nitrogen and oxygen atoms in total. The number of nitrogens with one attached hydrogen (secondary N) is 2. The molecule has 2 rings (SSSR count). The van der Waals surface area contributed by atoms with Crippen LogP contribution in [0, 0.1) is 5.92 Å². The lowest BCUT2D eigenvalue weighted by atomic mass is 10.0. The highest BCUT2D eigenvalue weighted by molar-refractivity contribution is 5.96. The number of hydrogen-bond acceptors (Lipinski definition) is 6. The number of amides is 4. The van der Waals surface area contributed by atoms with Gasteiger partial charge in [-0.1, -0.05) is 44.2 Å². The number of carbonyl (C=O) groups excluding carboxylic acids is 4. The highest BCUT2D eigenvalue weighted by Crippen LogP contribution is 2.20. The zero-order chi connectivity index (χ0) is 25.4. The van der Waals surface area contributed by atoms with Crippen molar-refractivity contribution in [1.82, 2.24) is 15.5 Å². The van der Waals surface area contributed by atoms with Crippen molar-refractivity contribution in [2.24, 2.45) is 17.4 Å². The van der Waals surface area contributed by atoms with Gasteiger partial charge in [0.05, 0.1) is 12.5 Å². The van der Waals surface area contributed by atoms with Crippen molar-refractivity contribution in [1.29, 1.82) is 0 Å². The monoisotopic (exact) mass is 475 g/mol. The molecule has 0 bridgehead atoms.